The molecule has 5 nitrogen and oxygen atoms in total. The van der Waals surface area contributed by atoms with Gasteiger partial charge in [0.15, 0.2) is 0 Å². The molecule has 1 N–H and O–H groups in total. The molecule has 0 bridgehead atoms. The van der Waals surface area contributed by atoms with Gasteiger partial charge in [0.05, 0.1) is 5.92 Å². The number of carbonyl (C=O) groups excluding carboxylic acids is 2. The van der Waals surface area contributed by atoms with E-state index in [1.54, 1.807) is 0 Å². The molecule has 2 amide bonds. The van der Waals surface area contributed by atoms with Crippen LogP contribution in [0, 0.1) is 5.92 Å². The molecule has 2 fully saturated rings. The summed E-state index contributed by atoms with van der Waals surface area (Å²) in [5, 5.41) is 3.31. The monoisotopic (exact) mass is 351 g/mol. The molecule has 6 heteroatoms. The molecular formula is C18H26ClN3O2. The van der Waals surface area contributed by atoms with Gasteiger partial charge in [-0.25, -0.2) is 0 Å². The van der Waals surface area contributed by atoms with Crippen LogP contribution in [0.1, 0.15) is 30.1 Å². The molecule has 3 rings (SSSR count). The highest BCUT2D eigenvalue weighted by atomic mass is 35.5. The van der Waals surface area contributed by atoms with E-state index in [-0.39, 0.29) is 36.2 Å². The molecule has 2 aliphatic rings. The van der Waals surface area contributed by atoms with Gasteiger partial charge in [0, 0.05) is 44.3 Å². The van der Waals surface area contributed by atoms with Gasteiger partial charge in [-0.3, -0.25) is 9.59 Å². The van der Waals surface area contributed by atoms with Crippen LogP contribution in [-0.4, -0.2) is 60.4 Å². The molecular weight excluding hydrogens is 326 g/mol. The fourth-order valence-corrected chi connectivity index (χ4v) is 3.53. The summed E-state index contributed by atoms with van der Waals surface area (Å²) in [4.78, 5) is 29.3. The second-order valence-electron chi connectivity index (χ2n) is 6.54. The van der Waals surface area contributed by atoms with E-state index in [0.717, 1.165) is 39.0 Å². The lowest BCUT2D eigenvalue weighted by atomic mass is 9.95. The SMILES string of the molecule is CC1CNCCN1C(=O)C1CCCN(C(=O)c2ccccc2)C1.Cl. The summed E-state index contributed by atoms with van der Waals surface area (Å²) in [6.07, 6.45) is 1.78. The number of amides is 2. The Hall–Kier alpha value is -1.59. The lowest BCUT2D eigenvalue weighted by molar-refractivity contribution is -0.139. The number of benzene rings is 1. The zero-order valence-electron chi connectivity index (χ0n) is 14.1. The molecule has 1 aromatic carbocycles. The molecule has 2 atom stereocenters. The van der Waals surface area contributed by atoms with Gasteiger partial charge < -0.3 is 15.1 Å². The zero-order valence-corrected chi connectivity index (χ0v) is 14.9. The molecule has 2 saturated heterocycles. The highest BCUT2D eigenvalue weighted by Gasteiger charge is 2.33. The molecule has 132 valence electrons. The molecule has 0 spiro atoms. The summed E-state index contributed by atoms with van der Waals surface area (Å²) in [5.41, 5.74) is 0.705. The third-order valence-electron chi connectivity index (χ3n) is 4.86. The summed E-state index contributed by atoms with van der Waals surface area (Å²) >= 11 is 0. The van der Waals surface area contributed by atoms with Crippen LogP contribution in [0.2, 0.25) is 0 Å². The van der Waals surface area contributed by atoms with E-state index in [1.165, 1.54) is 0 Å². The van der Waals surface area contributed by atoms with E-state index in [2.05, 4.69) is 12.2 Å². The number of carbonyl (C=O) groups is 2. The maximum Gasteiger partial charge on any atom is 0.253 e. The van der Waals surface area contributed by atoms with Crippen LogP contribution in [0.5, 0.6) is 0 Å². The average molecular weight is 352 g/mol. The van der Waals surface area contributed by atoms with Crippen LogP contribution in [0.4, 0.5) is 0 Å². The molecule has 0 aliphatic carbocycles. The van der Waals surface area contributed by atoms with Gasteiger partial charge in [-0.15, -0.1) is 12.4 Å². The van der Waals surface area contributed by atoms with Crippen LogP contribution >= 0.6 is 12.4 Å². The molecule has 1 aromatic rings. The van der Waals surface area contributed by atoms with Crippen molar-refractivity contribution >= 4 is 24.2 Å². The zero-order chi connectivity index (χ0) is 16.2. The average Bonchev–Trinajstić information content (AvgIpc) is 2.62. The van der Waals surface area contributed by atoms with Gasteiger partial charge in [-0.05, 0) is 31.9 Å². The number of nitrogens with zero attached hydrogens (tertiary/aromatic N) is 2. The molecule has 2 unspecified atom stereocenters. The first kappa shape index (κ1) is 18.7. The maximum atomic E-state index is 12.8. The largest absolute Gasteiger partial charge is 0.338 e. The Kier molecular flexibility index (Phi) is 6.63. The first-order valence-electron chi connectivity index (χ1n) is 8.52. The third kappa shape index (κ3) is 4.08. The second-order valence-corrected chi connectivity index (χ2v) is 6.54. The van der Waals surface area contributed by atoms with Crippen LogP contribution in [0.15, 0.2) is 30.3 Å². The third-order valence-corrected chi connectivity index (χ3v) is 4.86. The van der Waals surface area contributed by atoms with Crippen molar-refractivity contribution in [2.24, 2.45) is 5.92 Å². The standard InChI is InChI=1S/C18H25N3O2.ClH/c1-14-12-19-9-11-21(14)18(23)16-8-5-10-20(13-16)17(22)15-6-3-2-4-7-15;/h2-4,6-7,14,16,19H,5,8-13H2,1H3;1H. The van der Waals surface area contributed by atoms with Gasteiger partial charge in [-0.1, -0.05) is 18.2 Å². The minimum absolute atomic E-state index is 0. The van der Waals surface area contributed by atoms with E-state index < -0.39 is 0 Å². The Morgan fingerprint density at radius 1 is 1.17 bits per heavy atom. The minimum atomic E-state index is -0.0584. The molecule has 0 aromatic heterocycles. The van der Waals surface area contributed by atoms with E-state index in [9.17, 15) is 9.59 Å². The number of hydrogen-bond donors (Lipinski definition) is 1. The quantitative estimate of drug-likeness (QED) is 0.883. The van der Waals surface area contributed by atoms with Gasteiger partial charge in [0.25, 0.3) is 5.91 Å². The van der Waals surface area contributed by atoms with Crippen molar-refractivity contribution in [1.29, 1.82) is 0 Å². The van der Waals surface area contributed by atoms with E-state index in [0.29, 0.717) is 12.1 Å². The summed E-state index contributed by atoms with van der Waals surface area (Å²) in [6.45, 7) is 5.85. The maximum absolute atomic E-state index is 12.8. The topological polar surface area (TPSA) is 52.7 Å². The lowest BCUT2D eigenvalue weighted by Gasteiger charge is -2.39. The van der Waals surface area contributed by atoms with Crippen molar-refractivity contribution in [3.63, 3.8) is 0 Å². The summed E-state index contributed by atoms with van der Waals surface area (Å²) < 4.78 is 0. The summed E-state index contributed by atoms with van der Waals surface area (Å²) in [5.74, 6) is 0.193. The number of hydrogen-bond acceptors (Lipinski definition) is 3. The van der Waals surface area contributed by atoms with Crippen molar-refractivity contribution in [2.45, 2.75) is 25.8 Å². The predicted molar refractivity (Wildman–Crippen MR) is 96.4 cm³/mol. The van der Waals surface area contributed by atoms with Crippen LogP contribution in [0.3, 0.4) is 0 Å². The van der Waals surface area contributed by atoms with Crippen molar-refractivity contribution in [1.82, 2.24) is 15.1 Å². The van der Waals surface area contributed by atoms with Crippen LogP contribution < -0.4 is 5.32 Å². The smallest absolute Gasteiger partial charge is 0.253 e. The Bertz CT molecular complexity index is 567. The van der Waals surface area contributed by atoms with E-state index in [4.69, 9.17) is 0 Å². The number of piperidine rings is 1. The second kappa shape index (κ2) is 8.49. The Labute approximate surface area is 149 Å². The molecule has 2 aliphatic heterocycles. The molecule has 0 saturated carbocycles. The highest BCUT2D eigenvalue weighted by Crippen LogP contribution is 2.22. The number of rotatable bonds is 2. The Balaban J connectivity index is 0.00000208. The predicted octanol–water partition coefficient (Wildman–Crippen LogP) is 1.78. The van der Waals surface area contributed by atoms with Crippen molar-refractivity contribution in [3.8, 4) is 0 Å². The first-order valence-corrected chi connectivity index (χ1v) is 8.52. The van der Waals surface area contributed by atoms with E-state index in [1.807, 2.05) is 40.1 Å². The van der Waals surface area contributed by atoms with Crippen LogP contribution in [-0.2, 0) is 4.79 Å². The van der Waals surface area contributed by atoms with Gasteiger partial charge >= 0.3 is 0 Å². The number of nitrogens with one attached hydrogen (secondary N) is 1. The fraction of sp³-hybridized carbons (Fsp3) is 0.556. The molecule has 0 radical (unpaired) electrons. The summed E-state index contributed by atoms with van der Waals surface area (Å²) in [6, 6.07) is 9.57. The number of piperazine rings is 1. The van der Waals surface area contributed by atoms with Gasteiger partial charge in [-0.2, -0.15) is 0 Å². The summed E-state index contributed by atoms with van der Waals surface area (Å²) in [7, 11) is 0. The normalized spacial score (nSPS) is 24.2. The van der Waals surface area contributed by atoms with Crippen LogP contribution in [0.25, 0.3) is 0 Å². The highest BCUT2D eigenvalue weighted by molar-refractivity contribution is 5.94. The first-order chi connectivity index (χ1) is 11.2. The Morgan fingerprint density at radius 2 is 1.92 bits per heavy atom. The molecule has 24 heavy (non-hydrogen) atoms. The fourth-order valence-electron chi connectivity index (χ4n) is 3.53. The number of halogens is 1. The van der Waals surface area contributed by atoms with Crippen molar-refractivity contribution < 1.29 is 9.59 Å². The van der Waals surface area contributed by atoms with E-state index >= 15 is 0 Å². The minimum Gasteiger partial charge on any atom is -0.338 e. The van der Waals surface area contributed by atoms with Crippen molar-refractivity contribution in [2.75, 3.05) is 32.7 Å². The number of likely N-dealkylation sites (tertiary alicyclic amines) is 1. The lowest BCUT2D eigenvalue weighted by Crippen LogP contribution is -2.55. The Morgan fingerprint density at radius 3 is 2.62 bits per heavy atom. The van der Waals surface area contributed by atoms with Gasteiger partial charge in [0.1, 0.15) is 0 Å². The van der Waals surface area contributed by atoms with Gasteiger partial charge in [0.2, 0.25) is 5.91 Å². The molecule has 2 heterocycles. The van der Waals surface area contributed by atoms with Crippen molar-refractivity contribution in [3.05, 3.63) is 35.9 Å².